The van der Waals surface area contributed by atoms with E-state index in [2.05, 4.69) is 13.2 Å². The molecule has 0 spiro atoms. The molecule has 0 rings (SSSR count). The molecule has 0 amide bonds. The smallest absolute Gasteiger partial charge is 0.326 e. The van der Waals surface area contributed by atoms with E-state index in [-0.39, 0.29) is 5.97 Å². The molecule has 0 N–H and O–H groups in total. The number of methoxy groups -OCH3 is 1. The van der Waals surface area contributed by atoms with Gasteiger partial charge in [0.2, 0.25) is 0 Å². The summed E-state index contributed by atoms with van der Waals surface area (Å²) in [4.78, 5) is 13.5. The number of esters is 1. The van der Waals surface area contributed by atoms with Crippen molar-refractivity contribution in [1.82, 2.24) is 4.90 Å². The molecule has 0 aliphatic rings. The fourth-order valence-corrected chi connectivity index (χ4v) is 1.47. The average Bonchev–Trinajstić information content (AvgIpc) is 2.15. The molecule has 0 heterocycles. The van der Waals surface area contributed by atoms with Crippen LogP contribution >= 0.6 is 0 Å². The predicted octanol–water partition coefficient (Wildman–Crippen LogP) is 1.61. The first-order valence-electron chi connectivity index (χ1n) is 4.52. The first kappa shape index (κ1) is 12.9. The number of hydrogen-bond acceptors (Lipinski definition) is 3. The van der Waals surface area contributed by atoms with Gasteiger partial charge in [-0.05, 0) is 26.9 Å². The van der Waals surface area contributed by atoms with Crippen LogP contribution in [-0.2, 0) is 9.53 Å². The van der Waals surface area contributed by atoms with E-state index in [0.29, 0.717) is 12.8 Å². The van der Waals surface area contributed by atoms with Crippen LogP contribution in [0, 0.1) is 0 Å². The van der Waals surface area contributed by atoms with Crippen molar-refractivity contribution < 1.29 is 9.53 Å². The summed E-state index contributed by atoms with van der Waals surface area (Å²) in [5.74, 6) is -0.248. The Morgan fingerprint density at radius 1 is 1.36 bits per heavy atom. The van der Waals surface area contributed by atoms with E-state index in [4.69, 9.17) is 4.74 Å². The third kappa shape index (κ3) is 2.45. The molecule has 0 bridgehead atoms. The zero-order chi connectivity index (χ0) is 11.2. The molecule has 0 aliphatic carbocycles. The number of ether oxygens (including phenoxy) is 1. The molecule has 0 aliphatic heterocycles. The second kappa shape index (κ2) is 5.60. The van der Waals surface area contributed by atoms with Gasteiger partial charge in [0.05, 0.1) is 7.11 Å². The van der Waals surface area contributed by atoms with Gasteiger partial charge in [0.1, 0.15) is 5.54 Å². The van der Waals surface area contributed by atoms with Gasteiger partial charge in [-0.15, -0.1) is 13.2 Å². The summed E-state index contributed by atoms with van der Waals surface area (Å²) in [7, 11) is 5.10. The van der Waals surface area contributed by atoms with E-state index in [9.17, 15) is 4.79 Å². The Labute approximate surface area is 86.0 Å². The predicted molar refractivity (Wildman–Crippen MR) is 58.1 cm³/mol. The lowest BCUT2D eigenvalue weighted by atomic mass is 9.90. The molecular formula is C11H19NO2. The maximum absolute atomic E-state index is 11.7. The second-order valence-corrected chi connectivity index (χ2v) is 3.40. The Morgan fingerprint density at radius 2 is 1.79 bits per heavy atom. The van der Waals surface area contributed by atoms with Crippen molar-refractivity contribution in [2.75, 3.05) is 21.2 Å². The largest absolute Gasteiger partial charge is 0.468 e. The maximum Gasteiger partial charge on any atom is 0.326 e. The molecule has 0 aromatic heterocycles. The Hall–Kier alpha value is -1.09. The van der Waals surface area contributed by atoms with E-state index < -0.39 is 5.54 Å². The lowest BCUT2D eigenvalue weighted by Gasteiger charge is -2.35. The Morgan fingerprint density at radius 3 is 2.00 bits per heavy atom. The third-order valence-electron chi connectivity index (χ3n) is 2.39. The van der Waals surface area contributed by atoms with Gasteiger partial charge in [-0.25, -0.2) is 0 Å². The summed E-state index contributed by atoms with van der Waals surface area (Å²) < 4.78 is 4.81. The van der Waals surface area contributed by atoms with Crippen LogP contribution in [0.25, 0.3) is 0 Å². The molecule has 3 nitrogen and oxygen atoms in total. The highest BCUT2D eigenvalue weighted by Crippen LogP contribution is 2.24. The van der Waals surface area contributed by atoms with Gasteiger partial charge in [-0.3, -0.25) is 9.69 Å². The van der Waals surface area contributed by atoms with Crippen LogP contribution in [0.2, 0.25) is 0 Å². The Bertz CT molecular complexity index is 211. The van der Waals surface area contributed by atoms with Gasteiger partial charge < -0.3 is 4.74 Å². The minimum Gasteiger partial charge on any atom is -0.468 e. The number of nitrogens with zero attached hydrogens (tertiary/aromatic N) is 1. The summed E-state index contributed by atoms with van der Waals surface area (Å²) in [6.45, 7) is 7.32. The molecule has 0 saturated carbocycles. The zero-order valence-electron chi connectivity index (χ0n) is 9.25. The minimum atomic E-state index is -0.655. The molecule has 0 fully saturated rings. The second-order valence-electron chi connectivity index (χ2n) is 3.40. The van der Waals surface area contributed by atoms with Gasteiger partial charge in [0.25, 0.3) is 0 Å². The fraction of sp³-hybridized carbons (Fsp3) is 0.545. The van der Waals surface area contributed by atoms with Gasteiger partial charge in [0.15, 0.2) is 0 Å². The summed E-state index contributed by atoms with van der Waals surface area (Å²) in [6, 6.07) is 0. The van der Waals surface area contributed by atoms with Gasteiger partial charge >= 0.3 is 5.97 Å². The van der Waals surface area contributed by atoms with Crippen molar-refractivity contribution in [2.45, 2.75) is 18.4 Å². The monoisotopic (exact) mass is 197 g/mol. The topological polar surface area (TPSA) is 29.5 Å². The normalized spacial score (nSPS) is 11.1. The number of likely N-dealkylation sites (N-methyl/N-ethyl adjacent to an activating group) is 1. The van der Waals surface area contributed by atoms with E-state index in [0.717, 1.165) is 0 Å². The Balaban J connectivity index is 5.01. The molecule has 3 heteroatoms. The molecule has 0 saturated heterocycles. The fourth-order valence-electron chi connectivity index (χ4n) is 1.47. The van der Waals surface area contributed by atoms with E-state index in [1.54, 1.807) is 12.2 Å². The summed E-state index contributed by atoms with van der Waals surface area (Å²) in [6.07, 6.45) is 4.55. The van der Waals surface area contributed by atoms with Crippen molar-refractivity contribution >= 4 is 5.97 Å². The van der Waals surface area contributed by atoms with Gasteiger partial charge in [-0.1, -0.05) is 12.2 Å². The van der Waals surface area contributed by atoms with Crippen molar-refractivity contribution in [1.29, 1.82) is 0 Å². The van der Waals surface area contributed by atoms with E-state index in [1.807, 2.05) is 19.0 Å². The Kier molecular flexibility index (Phi) is 5.16. The summed E-state index contributed by atoms with van der Waals surface area (Å²) in [5.41, 5.74) is -0.655. The molecule has 14 heavy (non-hydrogen) atoms. The van der Waals surface area contributed by atoms with Crippen LogP contribution in [-0.4, -0.2) is 37.6 Å². The van der Waals surface area contributed by atoms with Crippen molar-refractivity contribution in [2.24, 2.45) is 0 Å². The van der Waals surface area contributed by atoms with Crippen molar-refractivity contribution in [3.63, 3.8) is 0 Å². The van der Waals surface area contributed by atoms with E-state index in [1.165, 1.54) is 7.11 Å². The number of carbonyl (C=O) groups is 1. The third-order valence-corrected chi connectivity index (χ3v) is 2.39. The summed E-state index contributed by atoms with van der Waals surface area (Å²) >= 11 is 0. The lowest BCUT2D eigenvalue weighted by molar-refractivity contribution is -0.153. The zero-order valence-corrected chi connectivity index (χ0v) is 9.25. The van der Waals surface area contributed by atoms with Gasteiger partial charge in [0, 0.05) is 0 Å². The molecular weight excluding hydrogens is 178 g/mol. The van der Waals surface area contributed by atoms with Crippen molar-refractivity contribution in [3.8, 4) is 0 Å². The SMILES string of the molecule is C=CCC(CC=C)(C(=O)OC)N(C)C. The van der Waals surface area contributed by atoms with Crippen LogP contribution in [0.4, 0.5) is 0 Å². The lowest BCUT2D eigenvalue weighted by Crippen LogP contribution is -2.51. The highest BCUT2D eigenvalue weighted by atomic mass is 16.5. The van der Waals surface area contributed by atoms with Crippen LogP contribution in [0.3, 0.4) is 0 Å². The number of rotatable bonds is 6. The molecule has 80 valence electrons. The molecule has 0 aromatic carbocycles. The highest BCUT2D eigenvalue weighted by molar-refractivity contribution is 5.81. The minimum absolute atomic E-state index is 0.248. The van der Waals surface area contributed by atoms with Crippen LogP contribution in [0.5, 0.6) is 0 Å². The summed E-state index contributed by atoms with van der Waals surface area (Å²) in [5, 5.41) is 0. The van der Waals surface area contributed by atoms with E-state index >= 15 is 0 Å². The number of hydrogen-bond donors (Lipinski definition) is 0. The quantitative estimate of drug-likeness (QED) is 0.478. The first-order chi connectivity index (χ1) is 6.55. The first-order valence-corrected chi connectivity index (χ1v) is 4.52. The van der Waals surface area contributed by atoms with Crippen LogP contribution < -0.4 is 0 Å². The standard InChI is InChI=1S/C11H19NO2/c1-6-8-11(9-7-2,12(3)4)10(13)14-5/h6-7H,1-2,8-9H2,3-5H3. The van der Waals surface area contributed by atoms with Crippen LogP contribution in [0.15, 0.2) is 25.3 Å². The molecule has 0 unspecified atom stereocenters. The molecule has 0 aromatic rings. The van der Waals surface area contributed by atoms with Crippen LogP contribution in [0.1, 0.15) is 12.8 Å². The average molecular weight is 197 g/mol. The molecule has 0 atom stereocenters. The maximum atomic E-state index is 11.7. The van der Waals surface area contributed by atoms with Gasteiger partial charge in [-0.2, -0.15) is 0 Å². The highest BCUT2D eigenvalue weighted by Gasteiger charge is 2.39. The molecule has 0 radical (unpaired) electrons. The van der Waals surface area contributed by atoms with Crippen molar-refractivity contribution in [3.05, 3.63) is 25.3 Å². The number of carbonyl (C=O) groups excluding carboxylic acids is 1.